The summed E-state index contributed by atoms with van der Waals surface area (Å²) >= 11 is 0. The number of rotatable bonds is 4. The van der Waals surface area contributed by atoms with E-state index in [4.69, 9.17) is 14.2 Å². The molecule has 0 amide bonds. The molecule has 5 rings (SSSR count). The Morgan fingerprint density at radius 3 is 2.32 bits per heavy atom. The number of allylic oxidation sites excluding steroid dienone is 2. The molecule has 1 aliphatic heterocycles. The van der Waals surface area contributed by atoms with E-state index in [9.17, 15) is 14.4 Å². The lowest BCUT2D eigenvalue weighted by molar-refractivity contribution is -0.140. The van der Waals surface area contributed by atoms with Crippen molar-refractivity contribution in [1.82, 2.24) is 0 Å². The number of ketones is 2. The highest BCUT2D eigenvalue weighted by Gasteiger charge is 2.43. The lowest BCUT2D eigenvalue weighted by Gasteiger charge is -2.30. The van der Waals surface area contributed by atoms with Gasteiger partial charge < -0.3 is 14.2 Å². The summed E-state index contributed by atoms with van der Waals surface area (Å²) in [5.74, 6) is -0.797. The lowest BCUT2D eigenvalue weighted by Crippen LogP contribution is -2.32. The maximum absolute atomic E-state index is 13.3. The van der Waals surface area contributed by atoms with Gasteiger partial charge in [0, 0.05) is 17.0 Å². The standard InChI is InChI=1S/C25H22O6/c1-29-19-11-10-14(12-20(19)30-15-6-2-3-7-15)18-13-21(26)31-25-22(18)23(27)16-8-4-5-9-17(16)24(25)28/h4-5,8-12,15,18H,2-3,6-7,13H2,1H3/t18-/m0/s1. The first-order valence-electron chi connectivity index (χ1n) is 10.5. The predicted molar refractivity (Wildman–Crippen MR) is 111 cm³/mol. The van der Waals surface area contributed by atoms with Crippen molar-refractivity contribution in [2.45, 2.75) is 44.1 Å². The summed E-state index contributed by atoms with van der Waals surface area (Å²) in [4.78, 5) is 38.7. The fourth-order valence-electron chi connectivity index (χ4n) is 4.69. The zero-order chi connectivity index (χ0) is 21.5. The van der Waals surface area contributed by atoms with Crippen molar-refractivity contribution in [1.29, 1.82) is 0 Å². The fraction of sp³-hybridized carbons (Fsp3) is 0.320. The van der Waals surface area contributed by atoms with Gasteiger partial charge in [0.15, 0.2) is 23.0 Å². The molecule has 3 aliphatic rings. The molecule has 1 heterocycles. The normalized spacial score (nSPS) is 20.9. The van der Waals surface area contributed by atoms with E-state index >= 15 is 0 Å². The second-order valence-electron chi connectivity index (χ2n) is 8.11. The van der Waals surface area contributed by atoms with Crippen molar-refractivity contribution >= 4 is 17.5 Å². The largest absolute Gasteiger partial charge is 0.493 e. The van der Waals surface area contributed by atoms with E-state index in [-0.39, 0.29) is 35.2 Å². The first-order valence-corrected chi connectivity index (χ1v) is 10.5. The third kappa shape index (κ3) is 3.32. The Morgan fingerprint density at radius 2 is 1.61 bits per heavy atom. The topological polar surface area (TPSA) is 78.9 Å². The number of carbonyl (C=O) groups is 3. The van der Waals surface area contributed by atoms with Crippen LogP contribution in [0.25, 0.3) is 0 Å². The van der Waals surface area contributed by atoms with E-state index in [1.807, 2.05) is 12.1 Å². The van der Waals surface area contributed by atoms with Gasteiger partial charge in [0.2, 0.25) is 5.78 Å². The number of fused-ring (bicyclic) bond motifs is 1. The number of methoxy groups -OCH3 is 1. The van der Waals surface area contributed by atoms with Crippen molar-refractivity contribution in [2.75, 3.05) is 7.11 Å². The van der Waals surface area contributed by atoms with Crippen LogP contribution in [0.1, 0.15) is 64.3 Å². The third-order valence-corrected chi connectivity index (χ3v) is 6.23. The van der Waals surface area contributed by atoms with Crippen LogP contribution >= 0.6 is 0 Å². The molecule has 1 saturated carbocycles. The smallest absolute Gasteiger partial charge is 0.312 e. The zero-order valence-corrected chi connectivity index (χ0v) is 17.2. The van der Waals surface area contributed by atoms with Gasteiger partial charge in [0.25, 0.3) is 0 Å². The molecule has 0 aromatic heterocycles. The number of hydrogen-bond acceptors (Lipinski definition) is 6. The fourth-order valence-corrected chi connectivity index (χ4v) is 4.69. The summed E-state index contributed by atoms with van der Waals surface area (Å²) < 4.78 is 16.9. The molecule has 0 spiro atoms. The van der Waals surface area contributed by atoms with Crippen molar-refractivity contribution in [3.05, 3.63) is 70.5 Å². The van der Waals surface area contributed by atoms with E-state index < -0.39 is 17.7 Å². The number of Topliss-reactive ketones (excluding diaryl/α,β-unsaturated/α-hetero) is 2. The Morgan fingerprint density at radius 1 is 0.903 bits per heavy atom. The summed E-state index contributed by atoms with van der Waals surface area (Å²) in [5, 5.41) is 0. The Bertz CT molecular complexity index is 1120. The van der Waals surface area contributed by atoms with Crippen LogP contribution < -0.4 is 9.47 Å². The van der Waals surface area contributed by atoms with Gasteiger partial charge >= 0.3 is 5.97 Å². The van der Waals surface area contributed by atoms with Gasteiger partial charge in [-0.3, -0.25) is 14.4 Å². The van der Waals surface area contributed by atoms with Crippen LogP contribution in [0.4, 0.5) is 0 Å². The van der Waals surface area contributed by atoms with Crippen molar-refractivity contribution in [3.8, 4) is 11.5 Å². The molecule has 2 aliphatic carbocycles. The van der Waals surface area contributed by atoms with Gasteiger partial charge in [-0.1, -0.05) is 30.3 Å². The summed E-state index contributed by atoms with van der Waals surface area (Å²) in [6, 6.07) is 12.0. The van der Waals surface area contributed by atoms with Crippen molar-refractivity contribution in [3.63, 3.8) is 0 Å². The van der Waals surface area contributed by atoms with Crippen LogP contribution in [-0.4, -0.2) is 30.7 Å². The van der Waals surface area contributed by atoms with E-state index in [1.165, 1.54) is 0 Å². The highest BCUT2D eigenvalue weighted by Crippen LogP contribution is 2.43. The van der Waals surface area contributed by atoms with Crippen LogP contribution in [0, 0.1) is 0 Å². The first kappa shape index (κ1) is 19.5. The monoisotopic (exact) mass is 418 g/mol. The maximum Gasteiger partial charge on any atom is 0.312 e. The SMILES string of the molecule is COc1ccc([C@@H]2CC(=O)OC3=C2C(=O)c2ccccc2C3=O)cc1OC1CCCC1. The summed E-state index contributed by atoms with van der Waals surface area (Å²) in [5.41, 5.74) is 1.56. The molecule has 0 bridgehead atoms. The van der Waals surface area contributed by atoms with Gasteiger partial charge in [-0.15, -0.1) is 0 Å². The minimum absolute atomic E-state index is 0.0186. The number of hydrogen-bond donors (Lipinski definition) is 0. The average Bonchev–Trinajstić information content (AvgIpc) is 3.30. The Hall–Kier alpha value is -3.41. The van der Waals surface area contributed by atoms with Crippen LogP contribution in [0.2, 0.25) is 0 Å². The minimum atomic E-state index is -0.585. The predicted octanol–water partition coefficient (Wildman–Crippen LogP) is 4.38. The second kappa shape index (κ2) is 7.69. The molecule has 0 saturated heterocycles. The number of ether oxygens (including phenoxy) is 3. The van der Waals surface area contributed by atoms with Crippen LogP contribution in [0.15, 0.2) is 53.8 Å². The molecule has 0 N–H and O–H groups in total. The van der Waals surface area contributed by atoms with E-state index in [0.717, 1.165) is 31.2 Å². The second-order valence-corrected chi connectivity index (χ2v) is 8.11. The molecule has 0 unspecified atom stereocenters. The van der Waals surface area contributed by atoms with E-state index in [1.54, 1.807) is 37.4 Å². The van der Waals surface area contributed by atoms with Gasteiger partial charge in [-0.2, -0.15) is 0 Å². The van der Waals surface area contributed by atoms with E-state index in [0.29, 0.717) is 17.1 Å². The molecule has 31 heavy (non-hydrogen) atoms. The molecular formula is C25H22O6. The number of benzene rings is 2. The Balaban J connectivity index is 1.58. The average molecular weight is 418 g/mol. The molecule has 0 radical (unpaired) electrons. The van der Waals surface area contributed by atoms with Crippen molar-refractivity contribution < 1.29 is 28.6 Å². The van der Waals surface area contributed by atoms with Gasteiger partial charge in [-0.05, 0) is 43.4 Å². The molecule has 1 atom stereocenters. The molecule has 2 aromatic rings. The lowest BCUT2D eigenvalue weighted by atomic mass is 9.77. The van der Waals surface area contributed by atoms with Gasteiger partial charge in [-0.25, -0.2) is 0 Å². The highest BCUT2D eigenvalue weighted by molar-refractivity contribution is 6.27. The molecule has 6 nitrogen and oxygen atoms in total. The van der Waals surface area contributed by atoms with Crippen LogP contribution in [0.5, 0.6) is 11.5 Å². The number of esters is 1. The molecular weight excluding hydrogens is 396 g/mol. The maximum atomic E-state index is 13.3. The van der Waals surface area contributed by atoms with Crippen molar-refractivity contribution in [2.24, 2.45) is 0 Å². The first-order chi connectivity index (χ1) is 15.1. The minimum Gasteiger partial charge on any atom is -0.493 e. The third-order valence-electron chi connectivity index (χ3n) is 6.23. The zero-order valence-electron chi connectivity index (χ0n) is 17.2. The summed E-state index contributed by atoms with van der Waals surface area (Å²) in [7, 11) is 1.58. The summed E-state index contributed by atoms with van der Waals surface area (Å²) in [6.45, 7) is 0. The quantitative estimate of drug-likeness (QED) is 0.686. The van der Waals surface area contributed by atoms with Gasteiger partial charge in [0.1, 0.15) is 0 Å². The van der Waals surface area contributed by atoms with E-state index in [2.05, 4.69) is 0 Å². The van der Waals surface area contributed by atoms with Crippen LogP contribution in [-0.2, 0) is 9.53 Å². The highest BCUT2D eigenvalue weighted by atomic mass is 16.5. The molecule has 6 heteroatoms. The molecule has 1 fully saturated rings. The Kier molecular flexibility index (Phi) is 4.85. The number of carbonyl (C=O) groups excluding carboxylic acids is 3. The molecule has 2 aromatic carbocycles. The summed E-state index contributed by atoms with van der Waals surface area (Å²) in [6.07, 6.45) is 4.35. The molecule has 158 valence electrons. The van der Waals surface area contributed by atoms with Crippen LogP contribution in [0.3, 0.4) is 0 Å². The van der Waals surface area contributed by atoms with Gasteiger partial charge in [0.05, 0.1) is 25.2 Å². The Labute approximate surface area is 179 Å².